The van der Waals surface area contributed by atoms with Crippen LogP contribution in [0.2, 0.25) is 0 Å². The molecule has 4 nitrogen and oxygen atoms in total. The molecule has 1 aromatic heterocycles. The van der Waals surface area contributed by atoms with Gasteiger partial charge >= 0.3 is 0 Å². The molecule has 0 amide bonds. The molecule has 5 heteroatoms. The molecule has 2 aromatic carbocycles. The topological polar surface area (TPSA) is 39.9 Å². The molecule has 0 aliphatic heterocycles. The summed E-state index contributed by atoms with van der Waals surface area (Å²) in [5, 5.41) is 4.51. The zero-order valence-corrected chi connectivity index (χ0v) is 13.1. The van der Waals surface area contributed by atoms with E-state index in [-0.39, 0.29) is 0 Å². The van der Waals surface area contributed by atoms with Gasteiger partial charge in [0.15, 0.2) is 5.82 Å². The highest BCUT2D eigenvalue weighted by Gasteiger charge is 2.04. The monoisotopic (exact) mass is 343 g/mol. The molecule has 0 aliphatic carbocycles. The maximum atomic E-state index is 5.15. The lowest BCUT2D eigenvalue weighted by molar-refractivity contribution is 0.414. The number of methoxy groups -OCH3 is 1. The summed E-state index contributed by atoms with van der Waals surface area (Å²) in [7, 11) is 1.66. The van der Waals surface area contributed by atoms with Gasteiger partial charge in [-0.25, -0.2) is 9.67 Å². The summed E-state index contributed by atoms with van der Waals surface area (Å²) in [6.45, 7) is 0.688. The first-order valence-corrected chi connectivity index (χ1v) is 7.32. The number of hydrogen-bond acceptors (Lipinski definition) is 3. The Labute approximate surface area is 131 Å². The van der Waals surface area contributed by atoms with Crippen LogP contribution in [-0.2, 0) is 6.54 Å². The first-order chi connectivity index (χ1) is 10.2. The SMILES string of the molecule is COc1ccc(Cn2cnc(-c3ccc(Br)cc3)n2)cc1. The van der Waals surface area contributed by atoms with Crippen LogP contribution in [0, 0.1) is 0 Å². The predicted octanol–water partition coefficient (Wildman–Crippen LogP) is 3.76. The molecule has 0 unspecified atom stereocenters. The van der Waals surface area contributed by atoms with Gasteiger partial charge in [0.1, 0.15) is 12.1 Å². The molecule has 0 bridgehead atoms. The van der Waals surface area contributed by atoms with Crippen molar-refractivity contribution in [3.63, 3.8) is 0 Å². The summed E-state index contributed by atoms with van der Waals surface area (Å²) in [6.07, 6.45) is 1.75. The Balaban J connectivity index is 1.76. The van der Waals surface area contributed by atoms with E-state index in [1.54, 1.807) is 13.4 Å². The van der Waals surface area contributed by atoms with Gasteiger partial charge in [-0.15, -0.1) is 0 Å². The lowest BCUT2D eigenvalue weighted by atomic mass is 10.2. The van der Waals surface area contributed by atoms with Crippen LogP contribution in [0.5, 0.6) is 5.75 Å². The molecule has 1 heterocycles. The molecule has 0 radical (unpaired) electrons. The van der Waals surface area contributed by atoms with Gasteiger partial charge in [0, 0.05) is 10.0 Å². The van der Waals surface area contributed by atoms with E-state index in [0.717, 1.165) is 27.2 Å². The van der Waals surface area contributed by atoms with E-state index < -0.39 is 0 Å². The molecule has 3 rings (SSSR count). The van der Waals surface area contributed by atoms with Crippen molar-refractivity contribution >= 4 is 15.9 Å². The maximum Gasteiger partial charge on any atom is 0.181 e. The second-order valence-corrected chi connectivity index (χ2v) is 5.54. The van der Waals surface area contributed by atoms with Crippen molar-refractivity contribution in [1.29, 1.82) is 0 Å². The van der Waals surface area contributed by atoms with Crippen LogP contribution in [0.4, 0.5) is 0 Å². The van der Waals surface area contributed by atoms with Gasteiger partial charge in [-0.05, 0) is 29.8 Å². The van der Waals surface area contributed by atoms with E-state index >= 15 is 0 Å². The number of hydrogen-bond donors (Lipinski definition) is 0. The number of nitrogens with zero attached hydrogens (tertiary/aromatic N) is 3. The minimum absolute atomic E-state index is 0.688. The Morgan fingerprint density at radius 1 is 1.05 bits per heavy atom. The van der Waals surface area contributed by atoms with Crippen molar-refractivity contribution in [2.24, 2.45) is 0 Å². The molecule has 0 spiro atoms. The Hall–Kier alpha value is -2.14. The quantitative estimate of drug-likeness (QED) is 0.723. The number of rotatable bonds is 4. The smallest absolute Gasteiger partial charge is 0.181 e. The van der Waals surface area contributed by atoms with Gasteiger partial charge in [-0.1, -0.05) is 40.2 Å². The summed E-state index contributed by atoms with van der Waals surface area (Å²) in [6, 6.07) is 15.9. The zero-order chi connectivity index (χ0) is 14.7. The van der Waals surface area contributed by atoms with Crippen LogP contribution in [0.3, 0.4) is 0 Å². The van der Waals surface area contributed by atoms with Crippen molar-refractivity contribution in [1.82, 2.24) is 14.8 Å². The molecule has 0 saturated heterocycles. The van der Waals surface area contributed by atoms with Gasteiger partial charge in [0.2, 0.25) is 0 Å². The van der Waals surface area contributed by atoms with E-state index in [4.69, 9.17) is 4.74 Å². The Morgan fingerprint density at radius 3 is 2.43 bits per heavy atom. The fraction of sp³-hybridized carbons (Fsp3) is 0.125. The normalized spacial score (nSPS) is 10.6. The fourth-order valence-electron chi connectivity index (χ4n) is 2.02. The predicted molar refractivity (Wildman–Crippen MR) is 85.3 cm³/mol. The van der Waals surface area contributed by atoms with Crippen LogP contribution in [-0.4, -0.2) is 21.9 Å². The summed E-state index contributed by atoms with van der Waals surface area (Å²) in [4.78, 5) is 4.36. The van der Waals surface area contributed by atoms with Crippen molar-refractivity contribution in [3.05, 3.63) is 64.9 Å². The molecule has 0 fully saturated rings. The Morgan fingerprint density at radius 2 is 1.76 bits per heavy atom. The Bertz CT molecular complexity index is 720. The molecule has 3 aromatic rings. The second kappa shape index (κ2) is 6.10. The third kappa shape index (κ3) is 3.31. The average Bonchev–Trinajstić information content (AvgIpc) is 2.97. The first kappa shape index (κ1) is 13.8. The van der Waals surface area contributed by atoms with Crippen molar-refractivity contribution in [2.45, 2.75) is 6.54 Å². The van der Waals surface area contributed by atoms with Gasteiger partial charge in [-0.2, -0.15) is 5.10 Å². The molecule has 21 heavy (non-hydrogen) atoms. The maximum absolute atomic E-state index is 5.15. The second-order valence-electron chi connectivity index (χ2n) is 4.62. The third-order valence-electron chi connectivity index (χ3n) is 3.14. The summed E-state index contributed by atoms with van der Waals surface area (Å²) in [5.74, 6) is 1.59. The number of halogens is 1. The van der Waals surface area contributed by atoms with Crippen LogP contribution in [0.25, 0.3) is 11.4 Å². The highest BCUT2D eigenvalue weighted by Crippen LogP contribution is 2.18. The fourth-order valence-corrected chi connectivity index (χ4v) is 2.28. The van der Waals surface area contributed by atoms with Crippen LogP contribution < -0.4 is 4.74 Å². The van der Waals surface area contributed by atoms with Gasteiger partial charge in [0.05, 0.1) is 13.7 Å². The van der Waals surface area contributed by atoms with Crippen molar-refractivity contribution in [2.75, 3.05) is 7.11 Å². The van der Waals surface area contributed by atoms with Gasteiger partial charge in [-0.3, -0.25) is 0 Å². The molecular weight excluding hydrogens is 330 g/mol. The van der Waals surface area contributed by atoms with Crippen LogP contribution in [0.15, 0.2) is 59.3 Å². The highest BCUT2D eigenvalue weighted by atomic mass is 79.9. The van der Waals surface area contributed by atoms with E-state index in [1.165, 1.54) is 0 Å². The van der Waals surface area contributed by atoms with E-state index in [2.05, 4.69) is 26.0 Å². The average molecular weight is 344 g/mol. The Kier molecular flexibility index (Phi) is 4.01. The molecule has 0 saturated carbocycles. The lowest BCUT2D eigenvalue weighted by Gasteiger charge is -2.03. The highest BCUT2D eigenvalue weighted by molar-refractivity contribution is 9.10. The minimum atomic E-state index is 0.688. The van der Waals surface area contributed by atoms with Crippen LogP contribution in [0.1, 0.15) is 5.56 Å². The van der Waals surface area contributed by atoms with Gasteiger partial charge < -0.3 is 4.74 Å². The zero-order valence-electron chi connectivity index (χ0n) is 11.5. The van der Waals surface area contributed by atoms with E-state index in [9.17, 15) is 0 Å². The standard InChI is InChI=1S/C16H14BrN3O/c1-21-15-8-2-12(3-9-15)10-20-11-18-16(19-20)13-4-6-14(17)7-5-13/h2-9,11H,10H2,1H3. The van der Waals surface area contributed by atoms with Crippen molar-refractivity contribution in [3.8, 4) is 17.1 Å². The number of ether oxygens (including phenoxy) is 1. The molecule has 106 valence electrons. The first-order valence-electron chi connectivity index (χ1n) is 6.53. The van der Waals surface area contributed by atoms with Crippen molar-refractivity contribution < 1.29 is 4.74 Å². The summed E-state index contributed by atoms with van der Waals surface area (Å²) < 4.78 is 8.03. The molecule has 0 aliphatic rings. The summed E-state index contributed by atoms with van der Waals surface area (Å²) in [5.41, 5.74) is 2.16. The minimum Gasteiger partial charge on any atom is -0.497 e. The van der Waals surface area contributed by atoms with E-state index in [0.29, 0.717) is 6.54 Å². The van der Waals surface area contributed by atoms with E-state index in [1.807, 2.05) is 53.2 Å². The molecular formula is C16H14BrN3O. The van der Waals surface area contributed by atoms with Crippen LogP contribution >= 0.6 is 15.9 Å². The summed E-state index contributed by atoms with van der Waals surface area (Å²) >= 11 is 3.42. The van der Waals surface area contributed by atoms with Gasteiger partial charge in [0.25, 0.3) is 0 Å². The number of benzene rings is 2. The largest absolute Gasteiger partial charge is 0.497 e. The lowest BCUT2D eigenvalue weighted by Crippen LogP contribution is -2.00. The molecule has 0 N–H and O–H groups in total. The molecule has 0 atom stereocenters. The third-order valence-corrected chi connectivity index (χ3v) is 3.67. The number of aromatic nitrogens is 3.